The summed E-state index contributed by atoms with van der Waals surface area (Å²) in [5, 5.41) is 3.02. The minimum absolute atomic E-state index is 0.0616. The molecule has 0 aliphatic heterocycles. The van der Waals surface area contributed by atoms with Crippen LogP contribution in [0.5, 0.6) is 0 Å². The Hall–Kier alpha value is -1.31. The Morgan fingerprint density at radius 3 is 2.67 bits per heavy atom. The first-order chi connectivity index (χ1) is 7.22. The van der Waals surface area contributed by atoms with Gasteiger partial charge in [0.05, 0.1) is 6.04 Å². The minimum atomic E-state index is 0.0616. The number of hydrogen-bond donors (Lipinski definition) is 1. The molecule has 2 rings (SSSR count). The lowest BCUT2D eigenvalue weighted by molar-refractivity contribution is -0.119. The van der Waals surface area contributed by atoms with Crippen molar-refractivity contribution in [2.75, 3.05) is 0 Å². The molecule has 0 spiro atoms. The summed E-state index contributed by atoms with van der Waals surface area (Å²) in [6.45, 7) is 3.79. The van der Waals surface area contributed by atoms with Crippen LogP contribution in [-0.4, -0.2) is 5.91 Å². The first kappa shape index (κ1) is 10.2. The Morgan fingerprint density at radius 1 is 1.40 bits per heavy atom. The van der Waals surface area contributed by atoms with Crippen molar-refractivity contribution in [1.82, 2.24) is 5.32 Å². The molecule has 1 aliphatic rings. The molecule has 1 aliphatic carbocycles. The largest absolute Gasteiger partial charge is 0.350 e. The van der Waals surface area contributed by atoms with Crippen molar-refractivity contribution in [3.8, 4) is 0 Å². The number of nitrogens with one attached hydrogen (secondary N) is 1. The monoisotopic (exact) mass is 203 g/mol. The Bertz CT molecular complexity index is 373. The Kier molecular flexibility index (Phi) is 2.76. The molecular formula is C13H17NO. The summed E-state index contributed by atoms with van der Waals surface area (Å²) in [7, 11) is 0. The predicted octanol–water partition coefficient (Wildman–Crippen LogP) is 2.76. The highest BCUT2D eigenvalue weighted by Crippen LogP contribution is 2.41. The second-order valence-corrected chi connectivity index (χ2v) is 4.22. The number of fused-ring (bicyclic) bond motifs is 1. The summed E-state index contributed by atoms with van der Waals surface area (Å²) in [6.07, 6.45) is 2.20. The Balaban J connectivity index is 2.29. The molecule has 0 saturated carbocycles. The maximum atomic E-state index is 11.1. The molecule has 0 radical (unpaired) electrons. The van der Waals surface area contributed by atoms with Crippen molar-refractivity contribution in [1.29, 1.82) is 0 Å². The molecule has 0 bridgehead atoms. The molecule has 15 heavy (non-hydrogen) atoms. The molecule has 2 unspecified atom stereocenters. The van der Waals surface area contributed by atoms with Gasteiger partial charge in [-0.15, -0.1) is 0 Å². The molecule has 0 aromatic heterocycles. The third-order valence-corrected chi connectivity index (χ3v) is 3.20. The van der Waals surface area contributed by atoms with E-state index in [-0.39, 0.29) is 11.9 Å². The van der Waals surface area contributed by atoms with Crippen LogP contribution >= 0.6 is 0 Å². The van der Waals surface area contributed by atoms with Crippen LogP contribution in [0.25, 0.3) is 0 Å². The first-order valence-electron chi connectivity index (χ1n) is 5.58. The fraction of sp³-hybridized carbons (Fsp3) is 0.462. The molecule has 2 atom stereocenters. The maximum absolute atomic E-state index is 11.1. The fourth-order valence-electron chi connectivity index (χ4n) is 2.51. The molecule has 1 N–H and O–H groups in total. The zero-order valence-electron chi connectivity index (χ0n) is 9.29. The topological polar surface area (TPSA) is 29.1 Å². The van der Waals surface area contributed by atoms with E-state index in [4.69, 9.17) is 0 Å². The molecular weight excluding hydrogens is 186 g/mol. The maximum Gasteiger partial charge on any atom is 0.217 e. The number of carbonyl (C=O) groups is 1. The van der Waals surface area contributed by atoms with Gasteiger partial charge < -0.3 is 5.32 Å². The number of hydrogen-bond acceptors (Lipinski definition) is 1. The highest BCUT2D eigenvalue weighted by molar-refractivity contribution is 5.73. The molecule has 1 aromatic rings. The van der Waals surface area contributed by atoms with E-state index >= 15 is 0 Å². The third kappa shape index (κ3) is 1.89. The number of amides is 1. The van der Waals surface area contributed by atoms with E-state index in [1.807, 2.05) is 6.07 Å². The summed E-state index contributed by atoms with van der Waals surface area (Å²) in [5.41, 5.74) is 2.72. The lowest BCUT2D eigenvalue weighted by Crippen LogP contribution is -2.24. The fourth-order valence-corrected chi connectivity index (χ4v) is 2.51. The highest BCUT2D eigenvalue weighted by atomic mass is 16.1. The second-order valence-electron chi connectivity index (χ2n) is 4.22. The zero-order chi connectivity index (χ0) is 10.8. The quantitative estimate of drug-likeness (QED) is 0.786. The van der Waals surface area contributed by atoms with Crippen LogP contribution < -0.4 is 5.32 Å². The molecule has 0 saturated heterocycles. The highest BCUT2D eigenvalue weighted by Gasteiger charge is 2.29. The lowest BCUT2D eigenvalue weighted by atomic mass is 9.99. The van der Waals surface area contributed by atoms with E-state index in [0.29, 0.717) is 5.92 Å². The zero-order valence-corrected chi connectivity index (χ0v) is 9.29. The van der Waals surface area contributed by atoms with E-state index in [1.165, 1.54) is 11.1 Å². The van der Waals surface area contributed by atoms with Crippen molar-refractivity contribution >= 4 is 5.91 Å². The average Bonchev–Trinajstić information content (AvgIpc) is 2.56. The van der Waals surface area contributed by atoms with E-state index in [0.717, 1.165) is 12.8 Å². The Morgan fingerprint density at radius 2 is 2.07 bits per heavy atom. The van der Waals surface area contributed by atoms with Gasteiger partial charge in [-0.3, -0.25) is 4.79 Å². The molecule has 80 valence electrons. The van der Waals surface area contributed by atoms with Crippen LogP contribution in [0, 0.1) is 0 Å². The second kappa shape index (κ2) is 4.05. The standard InChI is InChI=1S/C13H17NO/c1-3-10-8-13(14-9(2)15)12-7-5-4-6-11(10)12/h4-7,10,13H,3,8H2,1-2H3,(H,14,15). The van der Waals surface area contributed by atoms with E-state index in [1.54, 1.807) is 6.92 Å². The van der Waals surface area contributed by atoms with Crippen molar-refractivity contribution in [2.24, 2.45) is 0 Å². The van der Waals surface area contributed by atoms with Gasteiger partial charge in [-0.05, 0) is 29.9 Å². The van der Waals surface area contributed by atoms with Crippen LogP contribution in [0.2, 0.25) is 0 Å². The van der Waals surface area contributed by atoms with Crippen molar-refractivity contribution in [3.05, 3.63) is 35.4 Å². The molecule has 2 heteroatoms. The first-order valence-corrected chi connectivity index (χ1v) is 5.58. The molecule has 1 aromatic carbocycles. The molecule has 0 heterocycles. The van der Waals surface area contributed by atoms with Gasteiger partial charge in [0.15, 0.2) is 0 Å². The summed E-state index contributed by atoms with van der Waals surface area (Å²) >= 11 is 0. The van der Waals surface area contributed by atoms with Gasteiger partial charge in [-0.2, -0.15) is 0 Å². The van der Waals surface area contributed by atoms with Gasteiger partial charge in [-0.25, -0.2) is 0 Å². The molecule has 1 amide bonds. The van der Waals surface area contributed by atoms with E-state index < -0.39 is 0 Å². The van der Waals surface area contributed by atoms with Crippen LogP contribution in [0.3, 0.4) is 0 Å². The predicted molar refractivity (Wildman–Crippen MR) is 60.6 cm³/mol. The van der Waals surface area contributed by atoms with E-state index in [2.05, 4.69) is 30.4 Å². The van der Waals surface area contributed by atoms with Gasteiger partial charge in [-0.1, -0.05) is 31.2 Å². The molecule has 2 nitrogen and oxygen atoms in total. The summed E-state index contributed by atoms with van der Waals surface area (Å²) in [6, 6.07) is 8.67. The smallest absolute Gasteiger partial charge is 0.217 e. The van der Waals surface area contributed by atoms with E-state index in [9.17, 15) is 4.79 Å². The van der Waals surface area contributed by atoms with Gasteiger partial charge in [0.25, 0.3) is 0 Å². The third-order valence-electron chi connectivity index (χ3n) is 3.20. The van der Waals surface area contributed by atoms with Crippen LogP contribution in [0.15, 0.2) is 24.3 Å². The summed E-state index contributed by atoms with van der Waals surface area (Å²) < 4.78 is 0. The number of carbonyl (C=O) groups excluding carboxylic acids is 1. The lowest BCUT2D eigenvalue weighted by Gasteiger charge is -2.12. The van der Waals surface area contributed by atoms with Crippen molar-refractivity contribution in [2.45, 2.75) is 38.6 Å². The van der Waals surface area contributed by atoms with Gasteiger partial charge >= 0.3 is 0 Å². The van der Waals surface area contributed by atoms with Crippen molar-refractivity contribution < 1.29 is 4.79 Å². The SMILES string of the molecule is CCC1CC(NC(C)=O)c2ccccc21. The molecule has 0 fully saturated rings. The van der Waals surface area contributed by atoms with Crippen LogP contribution in [0.1, 0.15) is 49.8 Å². The van der Waals surface area contributed by atoms with Gasteiger partial charge in [0.1, 0.15) is 0 Å². The van der Waals surface area contributed by atoms with Gasteiger partial charge in [0.2, 0.25) is 5.91 Å². The normalized spacial score (nSPS) is 23.6. The summed E-state index contributed by atoms with van der Waals surface area (Å²) in [4.78, 5) is 11.1. The number of rotatable bonds is 2. The van der Waals surface area contributed by atoms with Gasteiger partial charge in [0, 0.05) is 6.92 Å². The van der Waals surface area contributed by atoms with Crippen LogP contribution in [-0.2, 0) is 4.79 Å². The number of benzene rings is 1. The Labute approximate surface area is 90.7 Å². The average molecular weight is 203 g/mol. The minimum Gasteiger partial charge on any atom is -0.350 e. The van der Waals surface area contributed by atoms with Crippen molar-refractivity contribution in [3.63, 3.8) is 0 Å². The van der Waals surface area contributed by atoms with Crippen LogP contribution in [0.4, 0.5) is 0 Å². The summed E-state index contributed by atoms with van der Waals surface area (Å²) in [5.74, 6) is 0.671.